The second-order valence-electron chi connectivity index (χ2n) is 7.42. The zero-order valence-corrected chi connectivity index (χ0v) is 15.8. The maximum Gasteiger partial charge on any atom is 0.243 e. The van der Waals surface area contributed by atoms with Gasteiger partial charge in [-0.3, -0.25) is 4.79 Å². The Kier molecular flexibility index (Phi) is 4.35. The Morgan fingerprint density at radius 3 is 2.93 bits per heavy atom. The lowest BCUT2D eigenvalue weighted by Crippen LogP contribution is -2.31. The molecule has 2 aromatic rings. The molecule has 0 bridgehead atoms. The second-order valence-corrected chi connectivity index (χ2v) is 9.35. The van der Waals surface area contributed by atoms with E-state index in [0.29, 0.717) is 43.8 Å². The third-order valence-electron chi connectivity index (χ3n) is 5.65. The molecule has 2 fully saturated rings. The van der Waals surface area contributed by atoms with Gasteiger partial charge in [0.25, 0.3) is 0 Å². The summed E-state index contributed by atoms with van der Waals surface area (Å²) in [5.41, 5.74) is 0.103. The van der Waals surface area contributed by atoms with Crippen LogP contribution in [-0.4, -0.2) is 31.7 Å². The van der Waals surface area contributed by atoms with Crippen molar-refractivity contribution >= 4 is 15.9 Å². The lowest BCUT2D eigenvalue weighted by molar-refractivity contribution is -0.123. The number of sulfonamides is 1. The first kappa shape index (κ1) is 18.2. The van der Waals surface area contributed by atoms with Crippen LogP contribution in [-0.2, 0) is 21.4 Å². The van der Waals surface area contributed by atoms with Crippen LogP contribution < -0.4 is 5.32 Å². The van der Waals surface area contributed by atoms with Crippen LogP contribution in [0.5, 0.6) is 0 Å². The molecule has 0 unspecified atom stereocenters. The van der Waals surface area contributed by atoms with E-state index in [1.54, 1.807) is 25.3 Å². The summed E-state index contributed by atoms with van der Waals surface area (Å²) in [5, 5.41) is 2.85. The van der Waals surface area contributed by atoms with E-state index < -0.39 is 15.8 Å². The zero-order chi connectivity index (χ0) is 19.2. The maximum absolute atomic E-state index is 13.8. The molecule has 1 aromatic carbocycles. The van der Waals surface area contributed by atoms with Crippen LogP contribution in [0.4, 0.5) is 4.39 Å². The highest BCUT2D eigenvalue weighted by molar-refractivity contribution is 7.89. The molecule has 144 valence electrons. The first-order chi connectivity index (χ1) is 12.8. The average molecular weight is 392 g/mol. The molecule has 1 saturated heterocycles. The molecule has 2 aliphatic rings. The molecular formula is C19H21FN2O4S. The molecule has 1 aromatic heterocycles. The maximum atomic E-state index is 13.8. The standard InChI is InChI=1S/C19H21FN2O4S/c1-13-4-5-15(9-17(13)20)27(24,25)22-7-6-19(12-22)10-16(19)18(23)21-11-14-3-2-8-26-14/h2-5,8-9,16H,6-7,10-12H2,1H3,(H,21,23)/t16-,19+/m1/s1. The van der Waals surface area contributed by atoms with Gasteiger partial charge in [-0.25, -0.2) is 12.8 Å². The summed E-state index contributed by atoms with van der Waals surface area (Å²) in [5.74, 6) is -0.129. The first-order valence-corrected chi connectivity index (χ1v) is 10.3. The number of hydrogen-bond donors (Lipinski definition) is 1. The topological polar surface area (TPSA) is 79.6 Å². The molecule has 1 N–H and O–H groups in total. The summed E-state index contributed by atoms with van der Waals surface area (Å²) in [4.78, 5) is 12.4. The monoisotopic (exact) mass is 392 g/mol. The second kappa shape index (κ2) is 6.45. The number of nitrogens with one attached hydrogen (secondary N) is 1. The summed E-state index contributed by atoms with van der Waals surface area (Å²) in [6.07, 6.45) is 2.86. The minimum atomic E-state index is -3.76. The van der Waals surface area contributed by atoms with Gasteiger partial charge in [0.15, 0.2) is 0 Å². The smallest absolute Gasteiger partial charge is 0.243 e. The van der Waals surface area contributed by atoms with Gasteiger partial charge in [0, 0.05) is 19.0 Å². The molecule has 6 nitrogen and oxygen atoms in total. The molecule has 0 radical (unpaired) electrons. The van der Waals surface area contributed by atoms with Crippen molar-refractivity contribution in [3.05, 3.63) is 53.7 Å². The molecule has 8 heteroatoms. The van der Waals surface area contributed by atoms with Crippen molar-refractivity contribution in [2.75, 3.05) is 13.1 Å². The van der Waals surface area contributed by atoms with E-state index in [4.69, 9.17) is 4.42 Å². The van der Waals surface area contributed by atoms with Crippen LogP contribution in [0, 0.1) is 24.1 Å². The molecule has 4 rings (SSSR count). The SMILES string of the molecule is Cc1ccc(S(=O)(=O)N2CC[C@]3(C[C@@H]3C(=O)NCc3ccco3)C2)cc1F. The van der Waals surface area contributed by atoms with Crippen molar-refractivity contribution in [1.29, 1.82) is 0 Å². The van der Waals surface area contributed by atoms with Gasteiger partial charge >= 0.3 is 0 Å². The fourth-order valence-electron chi connectivity index (χ4n) is 3.82. The largest absolute Gasteiger partial charge is 0.467 e. The van der Waals surface area contributed by atoms with E-state index in [9.17, 15) is 17.6 Å². The molecule has 1 aliphatic heterocycles. The number of halogens is 1. The molecule has 1 saturated carbocycles. The predicted octanol–water partition coefficient (Wildman–Crippen LogP) is 2.44. The van der Waals surface area contributed by atoms with Crippen molar-refractivity contribution in [3.8, 4) is 0 Å². The lowest BCUT2D eigenvalue weighted by Gasteiger charge is -2.17. The molecular weight excluding hydrogens is 371 g/mol. The van der Waals surface area contributed by atoms with E-state index in [-0.39, 0.29) is 22.1 Å². The van der Waals surface area contributed by atoms with E-state index in [1.807, 2.05) is 0 Å². The Hall–Kier alpha value is -2.19. The number of carbonyl (C=O) groups excluding carboxylic acids is 1. The van der Waals surface area contributed by atoms with Gasteiger partial charge in [-0.15, -0.1) is 0 Å². The molecule has 1 spiro atoms. The van der Waals surface area contributed by atoms with Gasteiger partial charge < -0.3 is 9.73 Å². The van der Waals surface area contributed by atoms with E-state index in [1.165, 1.54) is 16.4 Å². The van der Waals surface area contributed by atoms with Gasteiger partial charge in [0.05, 0.1) is 17.7 Å². The number of rotatable bonds is 5. The Morgan fingerprint density at radius 1 is 1.41 bits per heavy atom. The van der Waals surface area contributed by atoms with Crippen molar-refractivity contribution in [2.45, 2.75) is 31.2 Å². The van der Waals surface area contributed by atoms with Gasteiger partial charge in [0.1, 0.15) is 11.6 Å². The number of carbonyl (C=O) groups is 1. The number of benzene rings is 1. The highest BCUT2D eigenvalue weighted by atomic mass is 32.2. The highest BCUT2D eigenvalue weighted by Crippen LogP contribution is 2.59. The first-order valence-electron chi connectivity index (χ1n) is 8.88. The number of aryl methyl sites for hydroxylation is 1. The summed E-state index contributed by atoms with van der Waals surface area (Å²) in [6, 6.07) is 7.51. The fourth-order valence-corrected chi connectivity index (χ4v) is 5.37. The Bertz CT molecular complexity index is 974. The number of furan rings is 1. The highest BCUT2D eigenvalue weighted by Gasteiger charge is 2.62. The Labute approximate surface area is 157 Å². The number of amides is 1. The van der Waals surface area contributed by atoms with Crippen molar-refractivity contribution in [3.63, 3.8) is 0 Å². The molecule has 2 atom stereocenters. The van der Waals surface area contributed by atoms with Gasteiger partial charge in [-0.1, -0.05) is 6.07 Å². The van der Waals surface area contributed by atoms with Crippen LogP contribution in [0.3, 0.4) is 0 Å². The van der Waals surface area contributed by atoms with Gasteiger partial charge in [-0.2, -0.15) is 4.31 Å². The fraction of sp³-hybridized carbons (Fsp3) is 0.421. The average Bonchev–Trinajstić information content (AvgIpc) is 2.99. The van der Waals surface area contributed by atoms with E-state index in [0.717, 1.165) is 6.07 Å². The minimum Gasteiger partial charge on any atom is -0.467 e. The summed E-state index contributed by atoms with van der Waals surface area (Å²) >= 11 is 0. The van der Waals surface area contributed by atoms with Gasteiger partial charge in [-0.05, 0) is 55.0 Å². The van der Waals surface area contributed by atoms with Crippen LogP contribution in [0.25, 0.3) is 0 Å². The summed E-state index contributed by atoms with van der Waals surface area (Å²) in [6.45, 7) is 2.55. The Balaban J connectivity index is 1.41. The molecule has 1 aliphatic carbocycles. The third-order valence-corrected chi connectivity index (χ3v) is 7.50. The summed E-state index contributed by atoms with van der Waals surface area (Å²) in [7, 11) is -3.76. The number of hydrogen-bond acceptors (Lipinski definition) is 4. The minimum absolute atomic E-state index is 0.0397. The molecule has 27 heavy (non-hydrogen) atoms. The van der Waals surface area contributed by atoms with Crippen LogP contribution >= 0.6 is 0 Å². The van der Waals surface area contributed by atoms with E-state index >= 15 is 0 Å². The normalized spacial score (nSPS) is 25.0. The summed E-state index contributed by atoms with van der Waals surface area (Å²) < 4.78 is 46.0. The lowest BCUT2D eigenvalue weighted by atomic mass is 10.0. The van der Waals surface area contributed by atoms with Crippen LogP contribution in [0.1, 0.15) is 24.2 Å². The molecule has 2 heterocycles. The zero-order valence-electron chi connectivity index (χ0n) is 14.9. The molecule has 1 amide bonds. The Morgan fingerprint density at radius 2 is 2.22 bits per heavy atom. The third kappa shape index (κ3) is 3.27. The van der Waals surface area contributed by atoms with Crippen molar-refractivity contribution in [1.82, 2.24) is 9.62 Å². The predicted molar refractivity (Wildman–Crippen MR) is 95.6 cm³/mol. The van der Waals surface area contributed by atoms with Crippen LogP contribution in [0.15, 0.2) is 45.9 Å². The quantitative estimate of drug-likeness (QED) is 0.848. The van der Waals surface area contributed by atoms with Crippen molar-refractivity contribution in [2.24, 2.45) is 11.3 Å². The van der Waals surface area contributed by atoms with Crippen molar-refractivity contribution < 1.29 is 22.0 Å². The van der Waals surface area contributed by atoms with E-state index in [2.05, 4.69) is 5.32 Å². The van der Waals surface area contributed by atoms with Crippen LogP contribution in [0.2, 0.25) is 0 Å². The number of nitrogens with zero attached hydrogens (tertiary/aromatic N) is 1. The van der Waals surface area contributed by atoms with Gasteiger partial charge in [0.2, 0.25) is 15.9 Å².